The molecule has 0 fully saturated rings. The number of pyridine rings is 1. The van der Waals surface area contributed by atoms with Gasteiger partial charge >= 0.3 is 5.97 Å². The summed E-state index contributed by atoms with van der Waals surface area (Å²) in [6, 6.07) is 13.1. The van der Waals surface area contributed by atoms with E-state index in [-0.39, 0.29) is 5.97 Å². The lowest BCUT2D eigenvalue weighted by molar-refractivity contribution is -0.159. The minimum absolute atomic E-state index is 0.312. The Bertz CT molecular complexity index is 899. The van der Waals surface area contributed by atoms with Gasteiger partial charge in [0.05, 0.1) is 5.69 Å². The van der Waals surface area contributed by atoms with Crippen LogP contribution in [0.3, 0.4) is 0 Å². The van der Waals surface area contributed by atoms with E-state index in [1.54, 1.807) is 17.1 Å². The van der Waals surface area contributed by atoms with E-state index in [1.807, 2.05) is 70.2 Å². The number of carbonyl (C=O) groups is 1. The van der Waals surface area contributed by atoms with Crippen molar-refractivity contribution in [2.45, 2.75) is 45.8 Å². The molecule has 3 rings (SSSR count). The van der Waals surface area contributed by atoms with Crippen molar-refractivity contribution in [3.63, 3.8) is 0 Å². The van der Waals surface area contributed by atoms with Crippen molar-refractivity contribution in [1.82, 2.24) is 20.0 Å². The van der Waals surface area contributed by atoms with Crippen LogP contribution in [0.25, 0.3) is 22.5 Å². The topological polar surface area (TPSA) is 69.9 Å². The second kappa shape index (κ2) is 7.70. The first-order valence-corrected chi connectivity index (χ1v) is 9.04. The van der Waals surface area contributed by atoms with Gasteiger partial charge in [0.25, 0.3) is 0 Å². The summed E-state index contributed by atoms with van der Waals surface area (Å²) in [7, 11) is 0. The van der Waals surface area contributed by atoms with Gasteiger partial charge in [-0.25, -0.2) is 9.48 Å². The van der Waals surface area contributed by atoms with E-state index in [0.717, 1.165) is 16.8 Å². The minimum Gasteiger partial charge on any atom is -0.458 e. The number of nitrogens with zero attached hydrogens (tertiary/aromatic N) is 4. The lowest BCUT2D eigenvalue weighted by Crippen LogP contribution is -2.31. The maximum Gasteiger partial charge on any atom is 0.331 e. The third-order valence-corrected chi connectivity index (χ3v) is 4.06. The maximum absolute atomic E-state index is 12.8. The SMILES string of the molecule is CCC(C(=O)OC(C)(C)C)n1nnc(-c2ccncc2)c1-c1ccccc1. The smallest absolute Gasteiger partial charge is 0.331 e. The Morgan fingerprint density at radius 1 is 1.07 bits per heavy atom. The number of hydrogen-bond donors (Lipinski definition) is 0. The first kappa shape index (κ1) is 18.8. The summed E-state index contributed by atoms with van der Waals surface area (Å²) >= 11 is 0. The summed E-state index contributed by atoms with van der Waals surface area (Å²) in [6.45, 7) is 7.52. The number of rotatable bonds is 5. The molecule has 27 heavy (non-hydrogen) atoms. The monoisotopic (exact) mass is 364 g/mol. The molecule has 0 saturated heterocycles. The molecule has 1 atom stereocenters. The van der Waals surface area contributed by atoms with Crippen LogP contribution in [0.1, 0.15) is 40.2 Å². The fraction of sp³-hybridized carbons (Fsp3) is 0.333. The molecule has 6 nitrogen and oxygen atoms in total. The molecule has 0 amide bonds. The van der Waals surface area contributed by atoms with E-state index in [0.29, 0.717) is 12.1 Å². The van der Waals surface area contributed by atoms with Crippen LogP contribution < -0.4 is 0 Å². The van der Waals surface area contributed by atoms with Gasteiger partial charge in [-0.3, -0.25) is 4.98 Å². The first-order valence-electron chi connectivity index (χ1n) is 9.04. The molecule has 0 N–H and O–H groups in total. The van der Waals surface area contributed by atoms with E-state index in [2.05, 4.69) is 15.3 Å². The predicted molar refractivity (Wildman–Crippen MR) is 104 cm³/mol. The van der Waals surface area contributed by atoms with E-state index in [9.17, 15) is 4.79 Å². The van der Waals surface area contributed by atoms with Crippen LogP contribution in [0.4, 0.5) is 0 Å². The molecule has 0 bridgehead atoms. The maximum atomic E-state index is 12.8. The van der Waals surface area contributed by atoms with Crippen LogP contribution in [-0.2, 0) is 9.53 Å². The third-order valence-electron chi connectivity index (χ3n) is 4.06. The quantitative estimate of drug-likeness (QED) is 0.631. The van der Waals surface area contributed by atoms with Crippen molar-refractivity contribution in [3.05, 3.63) is 54.9 Å². The van der Waals surface area contributed by atoms with Gasteiger partial charge in [0.1, 0.15) is 11.3 Å². The van der Waals surface area contributed by atoms with Crippen LogP contribution in [-0.4, -0.2) is 31.5 Å². The van der Waals surface area contributed by atoms with E-state index in [4.69, 9.17) is 4.74 Å². The van der Waals surface area contributed by atoms with Gasteiger partial charge in [0.2, 0.25) is 0 Å². The standard InChI is InChI=1S/C21H24N4O2/c1-5-17(20(26)27-21(2,3)4)25-19(16-9-7-6-8-10-16)18(23-24-25)15-11-13-22-14-12-15/h6-14,17H,5H2,1-4H3. The molecule has 0 radical (unpaired) electrons. The van der Waals surface area contributed by atoms with E-state index in [1.165, 1.54) is 0 Å². The Balaban J connectivity index is 2.13. The summed E-state index contributed by atoms with van der Waals surface area (Å²) in [5.41, 5.74) is 2.78. The van der Waals surface area contributed by atoms with Crippen molar-refractivity contribution in [2.75, 3.05) is 0 Å². The Kier molecular flexibility index (Phi) is 5.35. The van der Waals surface area contributed by atoms with Gasteiger partial charge in [-0.2, -0.15) is 0 Å². The lowest BCUT2D eigenvalue weighted by atomic mass is 10.0. The molecule has 0 spiro atoms. The third kappa shape index (κ3) is 4.22. The molecule has 3 aromatic rings. The lowest BCUT2D eigenvalue weighted by Gasteiger charge is -2.24. The first-order chi connectivity index (χ1) is 12.9. The summed E-state index contributed by atoms with van der Waals surface area (Å²) in [5, 5.41) is 8.72. The fourth-order valence-corrected chi connectivity index (χ4v) is 2.89. The van der Waals surface area contributed by atoms with Crippen molar-refractivity contribution in [2.24, 2.45) is 0 Å². The number of hydrogen-bond acceptors (Lipinski definition) is 5. The molecule has 140 valence electrons. The van der Waals surface area contributed by atoms with Gasteiger partial charge < -0.3 is 4.74 Å². The normalized spacial score (nSPS) is 12.6. The Hall–Kier alpha value is -3.02. The average molecular weight is 364 g/mol. The number of esters is 1. The second-order valence-corrected chi connectivity index (χ2v) is 7.29. The average Bonchev–Trinajstić information content (AvgIpc) is 3.07. The molecule has 1 aromatic carbocycles. The Labute approximate surface area is 159 Å². The summed E-state index contributed by atoms with van der Waals surface area (Å²) in [5.74, 6) is -0.312. The summed E-state index contributed by atoms with van der Waals surface area (Å²) < 4.78 is 7.29. The van der Waals surface area contributed by atoms with Crippen LogP contribution in [0.2, 0.25) is 0 Å². The van der Waals surface area contributed by atoms with Crippen molar-refractivity contribution >= 4 is 5.97 Å². The van der Waals surface area contributed by atoms with Crippen molar-refractivity contribution < 1.29 is 9.53 Å². The highest BCUT2D eigenvalue weighted by Gasteiger charge is 2.30. The number of aromatic nitrogens is 4. The zero-order valence-electron chi connectivity index (χ0n) is 16.1. The molecule has 0 aliphatic heterocycles. The van der Waals surface area contributed by atoms with E-state index < -0.39 is 11.6 Å². The molecule has 0 aliphatic carbocycles. The second-order valence-electron chi connectivity index (χ2n) is 7.29. The van der Waals surface area contributed by atoms with Gasteiger partial charge in [-0.15, -0.1) is 5.10 Å². The molecule has 2 heterocycles. The highest BCUT2D eigenvalue weighted by atomic mass is 16.6. The Morgan fingerprint density at radius 2 is 1.74 bits per heavy atom. The van der Waals surface area contributed by atoms with Gasteiger partial charge in [0.15, 0.2) is 6.04 Å². The highest BCUT2D eigenvalue weighted by Crippen LogP contribution is 2.33. The zero-order chi connectivity index (χ0) is 19.4. The van der Waals surface area contributed by atoms with E-state index >= 15 is 0 Å². The minimum atomic E-state index is -0.564. The molecule has 0 saturated carbocycles. The van der Waals surface area contributed by atoms with Crippen LogP contribution in [0.5, 0.6) is 0 Å². The number of benzene rings is 1. The molecule has 2 aromatic heterocycles. The highest BCUT2D eigenvalue weighted by molar-refractivity contribution is 5.81. The van der Waals surface area contributed by atoms with Crippen LogP contribution in [0.15, 0.2) is 54.9 Å². The van der Waals surface area contributed by atoms with Gasteiger partial charge in [-0.05, 0) is 39.3 Å². The molecular weight excluding hydrogens is 340 g/mol. The summed E-state index contributed by atoms with van der Waals surface area (Å²) in [6.07, 6.45) is 3.98. The molecule has 1 unspecified atom stereocenters. The fourth-order valence-electron chi connectivity index (χ4n) is 2.89. The number of carbonyl (C=O) groups excluding carboxylic acids is 1. The van der Waals surface area contributed by atoms with Crippen LogP contribution in [0, 0.1) is 0 Å². The largest absolute Gasteiger partial charge is 0.458 e. The summed E-state index contributed by atoms with van der Waals surface area (Å²) in [4.78, 5) is 16.9. The molecule has 0 aliphatic rings. The molecular formula is C21H24N4O2. The number of ether oxygens (including phenoxy) is 1. The predicted octanol–water partition coefficient (Wildman–Crippen LogP) is 4.30. The van der Waals surface area contributed by atoms with Crippen molar-refractivity contribution in [3.8, 4) is 22.5 Å². The van der Waals surface area contributed by atoms with Crippen molar-refractivity contribution in [1.29, 1.82) is 0 Å². The molecule has 6 heteroatoms. The van der Waals surface area contributed by atoms with Gasteiger partial charge in [0, 0.05) is 23.5 Å². The Morgan fingerprint density at radius 3 is 2.33 bits per heavy atom. The van der Waals surface area contributed by atoms with Crippen LogP contribution >= 0.6 is 0 Å². The van der Waals surface area contributed by atoms with Gasteiger partial charge in [-0.1, -0.05) is 42.5 Å². The zero-order valence-corrected chi connectivity index (χ0v) is 16.1.